The second-order valence-electron chi connectivity index (χ2n) is 5.04. The molecular formula is C13H19FN2O3S. The number of hydrogen-bond donors (Lipinski definition) is 2. The van der Waals surface area contributed by atoms with Crippen molar-refractivity contribution < 1.29 is 17.6 Å². The zero-order valence-electron chi connectivity index (χ0n) is 11.7. The molecule has 1 atom stereocenters. The van der Waals surface area contributed by atoms with Gasteiger partial charge in [-0.05, 0) is 31.5 Å². The summed E-state index contributed by atoms with van der Waals surface area (Å²) < 4.78 is 36.5. The van der Waals surface area contributed by atoms with E-state index in [4.69, 9.17) is 5.73 Å². The van der Waals surface area contributed by atoms with E-state index in [9.17, 15) is 17.6 Å². The Morgan fingerprint density at radius 3 is 2.55 bits per heavy atom. The lowest BCUT2D eigenvalue weighted by Gasteiger charge is -2.23. The highest BCUT2D eigenvalue weighted by Gasteiger charge is 2.28. The number of rotatable bonds is 5. The number of nitrogens with two attached hydrogens (primary N) is 1. The molecule has 5 nitrogen and oxygen atoms in total. The Bertz CT molecular complexity index is 612. The maximum atomic E-state index is 13.6. The molecule has 0 aliphatic heterocycles. The van der Waals surface area contributed by atoms with E-state index in [1.54, 1.807) is 6.92 Å². The van der Waals surface area contributed by atoms with Crippen LogP contribution in [-0.2, 0) is 14.6 Å². The molecule has 0 saturated carbocycles. The fourth-order valence-corrected chi connectivity index (χ4v) is 2.38. The summed E-state index contributed by atoms with van der Waals surface area (Å²) in [5.74, 6) is -1.26. The van der Waals surface area contributed by atoms with E-state index in [-0.39, 0.29) is 10.6 Å². The normalized spacial score (nSPS) is 14.7. The van der Waals surface area contributed by atoms with Crippen molar-refractivity contribution in [1.82, 2.24) is 0 Å². The number of halogens is 1. The van der Waals surface area contributed by atoms with E-state index >= 15 is 0 Å². The van der Waals surface area contributed by atoms with Gasteiger partial charge in [-0.1, -0.05) is 13.3 Å². The van der Waals surface area contributed by atoms with E-state index in [1.165, 1.54) is 0 Å². The Kier molecular flexibility index (Phi) is 4.88. The van der Waals surface area contributed by atoms with Gasteiger partial charge in [-0.25, -0.2) is 12.8 Å². The summed E-state index contributed by atoms with van der Waals surface area (Å²) in [7, 11) is -3.47. The number of carbonyl (C=O) groups excluding carboxylic acids is 1. The molecule has 0 spiro atoms. The van der Waals surface area contributed by atoms with Crippen molar-refractivity contribution in [1.29, 1.82) is 0 Å². The SMILES string of the molecule is CCCC(C)(N)C(=O)Nc1cc(S(C)(=O)=O)ccc1F. The van der Waals surface area contributed by atoms with Crippen molar-refractivity contribution >= 4 is 21.4 Å². The molecule has 20 heavy (non-hydrogen) atoms. The highest BCUT2D eigenvalue weighted by Crippen LogP contribution is 2.21. The van der Waals surface area contributed by atoms with Crippen molar-refractivity contribution in [3.05, 3.63) is 24.0 Å². The average molecular weight is 302 g/mol. The Morgan fingerprint density at radius 1 is 1.45 bits per heavy atom. The minimum Gasteiger partial charge on any atom is -0.322 e. The number of sulfone groups is 1. The highest BCUT2D eigenvalue weighted by molar-refractivity contribution is 7.90. The van der Waals surface area contributed by atoms with E-state index in [2.05, 4.69) is 5.32 Å². The molecule has 1 unspecified atom stereocenters. The fourth-order valence-electron chi connectivity index (χ4n) is 1.73. The maximum Gasteiger partial charge on any atom is 0.244 e. The molecule has 0 aliphatic rings. The molecule has 7 heteroatoms. The number of amides is 1. The molecule has 1 amide bonds. The van der Waals surface area contributed by atoms with Crippen molar-refractivity contribution in [3.8, 4) is 0 Å². The first kappa shape index (κ1) is 16.6. The molecule has 0 radical (unpaired) electrons. The third kappa shape index (κ3) is 4.01. The molecule has 0 fully saturated rings. The standard InChI is InChI=1S/C13H19FN2O3S/c1-4-7-13(2,15)12(17)16-11-8-9(20(3,18)19)5-6-10(11)14/h5-6,8H,4,7,15H2,1-3H3,(H,16,17). The van der Waals surface area contributed by atoms with Crippen LogP contribution < -0.4 is 11.1 Å². The molecule has 0 heterocycles. The summed E-state index contributed by atoms with van der Waals surface area (Å²) in [6.07, 6.45) is 2.15. The van der Waals surface area contributed by atoms with Crippen LogP contribution in [0.1, 0.15) is 26.7 Å². The predicted molar refractivity (Wildman–Crippen MR) is 75.6 cm³/mol. The van der Waals surface area contributed by atoms with Gasteiger partial charge in [0.15, 0.2) is 9.84 Å². The number of hydrogen-bond acceptors (Lipinski definition) is 4. The van der Waals surface area contributed by atoms with Crippen LogP contribution in [0.25, 0.3) is 0 Å². The van der Waals surface area contributed by atoms with E-state index < -0.39 is 27.1 Å². The van der Waals surface area contributed by atoms with Crippen LogP contribution in [0, 0.1) is 5.82 Å². The Hall–Kier alpha value is -1.47. The largest absolute Gasteiger partial charge is 0.322 e. The van der Waals surface area contributed by atoms with Crippen molar-refractivity contribution in [2.45, 2.75) is 37.1 Å². The summed E-state index contributed by atoms with van der Waals surface area (Å²) in [6.45, 7) is 3.42. The number of anilines is 1. The van der Waals surface area contributed by atoms with Gasteiger partial charge >= 0.3 is 0 Å². The smallest absolute Gasteiger partial charge is 0.244 e. The van der Waals surface area contributed by atoms with Gasteiger partial charge in [0.1, 0.15) is 5.82 Å². The first-order valence-corrected chi connectivity index (χ1v) is 8.07. The van der Waals surface area contributed by atoms with E-state index in [0.29, 0.717) is 12.8 Å². The minimum atomic E-state index is -3.47. The summed E-state index contributed by atoms with van der Waals surface area (Å²) in [6, 6.07) is 3.23. The lowest BCUT2D eigenvalue weighted by Crippen LogP contribution is -2.48. The lowest BCUT2D eigenvalue weighted by molar-refractivity contribution is -0.120. The van der Waals surface area contributed by atoms with Crippen LogP contribution in [0.3, 0.4) is 0 Å². The summed E-state index contributed by atoms with van der Waals surface area (Å²) in [5.41, 5.74) is 4.51. The van der Waals surface area contributed by atoms with Crippen molar-refractivity contribution in [2.24, 2.45) is 5.73 Å². The van der Waals surface area contributed by atoms with E-state index in [0.717, 1.165) is 24.5 Å². The number of carbonyl (C=O) groups is 1. The first-order valence-electron chi connectivity index (χ1n) is 6.18. The fraction of sp³-hybridized carbons (Fsp3) is 0.462. The van der Waals surface area contributed by atoms with Gasteiger partial charge in [0, 0.05) is 6.26 Å². The Balaban J connectivity index is 3.07. The van der Waals surface area contributed by atoms with Gasteiger partial charge in [0.25, 0.3) is 0 Å². The van der Waals surface area contributed by atoms with Crippen molar-refractivity contribution in [3.63, 3.8) is 0 Å². The zero-order valence-corrected chi connectivity index (χ0v) is 12.6. The molecule has 0 bridgehead atoms. The molecular weight excluding hydrogens is 283 g/mol. The summed E-state index contributed by atoms with van der Waals surface area (Å²) in [4.78, 5) is 11.9. The van der Waals surface area contributed by atoms with Gasteiger partial charge in [-0.3, -0.25) is 4.79 Å². The minimum absolute atomic E-state index is 0.0663. The van der Waals surface area contributed by atoms with Gasteiger partial charge in [0.05, 0.1) is 16.1 Å². The quantitative estimate of drug-likeness (QED) is 0.810. The molecule has 3 N–H and O–H groups in total. The molecule has 1 rings (SSSR count). The summed E-state index contributed by atoms with van der Waals surface area (Å²) >= 11 is 0. The molecule has 0 saturated heterocycles. The number of nitrogens with one attached hydrogen (secondary N) is 1. The monoisotopic (exact) mass is 302 g/mol. The van der Waals surface area contributed by atoms with Crippen LogP contribution in [0.2, 0.25) is 0 Å². The maximum absolute atomic E-state index is 13.6. The van der Waals surface area contributed by atoms with Gasteiger partial charge < -0.3 is 11.1 Å². The Labute approximate surface area is 118 Å². The molecule has 1 aromatic carbocycles. The summed E-state index contributed by atoms with van der Waals surface area (Å²) in [5, 5.41) is 2.34. The molecule has 0 aliphatic carbocycles. The van der Waals surface area contributed by atoms with Crippen LogP contribution in [0.15, 0.2) is 23.1 Å². The average Bonchev–Trinajstić information content (AvgIpc) is 2.30. The van der Waals surface area contributed by atoms with Gasteiger partial charge in [-0.15, -0.1) is 0 Å². The molecule has 1 aromatic rings. The third-order valence-corrected chi connectivity index (χ3v) is 4.01. The third-order valence-electron chi connectivity index (χ3n) is 2.90. The van der Waals surface area contributed by atoms with Crippen LogP contribution >= 0.6 is 0 Å². The zero-order chi connectivity index (χ0) is 15.6. The molecule has 112 valence electrons. The lowest BCUT2D eigenvalue weighted by atomic mass is 9.96. The highest BCUT2D eigenvalue weighted by atomic mass is 32.2. The van der Waals surface area contributed by atoms with Crippen LogP contribution in [0.5, 0.6) is 0 Å². The first-order chi connectivity index (χ1) is 9.08. The topological polar surface area (TPSA) is 89.3 Å². The second-order valence-corrected chi connectivity index (χ2v) is 7.05. The number of benzene rings is 1. The second kappa shape index (κ2) is 5.88. The molecule has 0 aromatic heterocycles. The van der Waals surface area contributed by atoms with Gasteiger partial charge in [-0.2, -0.15) is 0 Å². The predicted octanol–water partition coefficient (Wildman–Crippen LogP) is 1.69. The van der Waals surface area contributed by atoms with Gasteiger partial charge in [0.2, 0.25) is 5.91 Å². The van der Waals surface area contributed by atoms with Crippen molar-refractivity contribution in [2.75, 3.05) is 11.6 Å². The van der Waals surface area contributed by atoms with Crippen LogP contribution in [0.4, 0.5) is 10.1 Å². The van der Waals surface area contributed by atoms with Crippen LogP contribution in [-0.4, -0.2) is 26.1 Å². The Morgan fingerprint density at radius 2 is 2.05 bits per heavy atom. The van der Waals surface area contributed by atoms with E-state index in [1.807, 2.05) is 6.92 Å².